The Balaban J connectivity index is 1.92. The van der Waals surface area contributed by atoms with Crippen molar-refractivity contribution in [1.82, 2.24) is 20.4 Å². The Labute approximate surface area is 106 Å². The van der Waals surface area contributed by atoms with E-state index in [1.165, 1.54) is 0 Å². The molecule has 3 rings (SSSR count). The lowest BCUT2D eigenvalue weighted by atomic mass is 10.2. The van der Waals surface area contributed by atoms with Crippen LogP contribution in [0.2, 0.25) is 0 Å². The first-order valence-corrected chi connectivity index (χ1v) is 6.25. The number of pyridine rings is 1. The summed E-state index contributed by atoms with van der Waals surface area (Å²) in [6, 6.07) is 4.17. The predicted octanol–water partition coefficient (Wildman–Crippen LogP) is 2.17. The zero-order valence-electron chi connectivity index (χ0n) is 10.6. The molecule has 1 aliphatic rings. The molecule has 94 valence electrons. The maximum Gasteiger partial charge on any atom is 0.244 e. The number of rotatable bonds is 2. The number of nitrogens with zero attached hydrogens (tertiary/aromatic N) is 3. The molecule has 0 aromatic carbocycles. The van der Waals surface area contributed by atoms with E-state index in [2.05, 4.69) is 20.4 Å². The van der Waals surface area contributed by atoms with Crippen LogP contribution in [-0.4, -0.2) is 21.7 Å². The average Bonchev–Trinajstić information content (AvgIpc) is 2.99. The number of aryl methyl sites for hydroxylation is 2. The normalized spacial score (nSPS) is 19.3. The lowest BCUT2D eigenvalue weighted by Crippen LogP contribution is -2.12. The zero-order valence-corrected chi connectivity index (χ0v) is 10.6. The molecule has 3 heterocycles. The lowest BCUT2D eigenvalue weighted by Gasteiger charge is -2.01. The van der Waals surface area contributed by atoms with Crippen molar-refractivity contribution in [3.05, 3.63) is 29.4 Å². The summed E-state index contributed by atoms with van der Waals surface area (Å²) in [6.45, 7) is 4.96. The quantitative estimate of drug-likeness (QED) is 0.877. The third-order valence-electron chi connectivity index (χ3n) is 3.14. The molecule has 0 bridgehead atoms. The van der Waals surface area contributed by atoms with Gasteiger partial charge in [-0.1, -0.05) is 5.16 Å². The summed E-state index contributed by atoms with van der Waals surface area (Å²) < 4.78 is 5.34. The number of hydrogen-bond donors (Lipinski definition) is 1. The topological polar surface area (TPSA) is 63.8 Å². The van der Waals surface area contributed by atoms with Crippen LogP contribution in [0.1, 0.15) is 36.2 Å². The van der Waals surface area contributed by atoms with E-state index in [0.717, 1.165) is 36.3 Å². The molecule has 5 heteroatoms. The molecule has 1 unspecified atom stereocenters. The summed E-state index contributed by atoms with van der Waals surface area (Å²) in [7, 11) is 0. The van der Waals surface area contributed by atoms with Gasteiger partial charge >= 0.3 is 0 Å². The van der Waals surface area contributed by atoms with Gasteiger partial charge in [-0.05, 0) is 45.4 Å². The molecule has 2 aromatic heterocycles. The van der Waals surface area contributed by atoms with Crippen LogP contribution in [-0.2, 0) is 0 Å². The van der Waals surface area contributed by atoms with E-state index in [0.29, 0.717) is 11.7 Å². The molecule has 0 saturated carbocycles. The highest BCUT2D eigenvalue weighted by Crippen LogP contribution is 2.24. The molecule has 1 saturated heterocycles. The van der Waals surface area contributed by atoms with Crippen LogP contribution in [0.5, 0.6) is 0 Å². The summed E-state index contributed by atoms with van der Waals surface area (Å²) >= 11 is 0. The van der Waals surface area contributed by atoms with Gasteiger partial charge in [0.25, 0.3) is 0 Å². The molecule has 1 atom stereocenters. The van der Waals surface area contributed by atoms with E-state index in [4.69, 9.17) is 4.52 Å². The fraction of sp³-hybridized carbons (Fsp3) is 0.462. The molecule has 0 spiro atoms. The van der Waals surface area contributed by atoms with Crippen LogP contribution >= 0.6 is 0 Å². The van der Waals surface area contributed by atoms with Crippen LogP contribution in [0.25, 0.3) is 11.4 Å². The van der Waals surface area contributed by atoms with Crippen LogP contribution in [0, 0.1) is 13.8 Å². The van der Waals surface area contributed by atoms with Crippen molar-refractivity contribution in [2.24, 2.45) is 0 Å². The average molecular weight is 244 g/mol. The number of hydrogen-bond acceptors (Lipinski definition) is 5. The second-order valence-corrected chi connectivity index (χ2v) is 4.74. The minimum atomic E-state index is 0.218. The fourth-order valence-electron chi connectivity index (χ4n) is 2.35. The highest BCUT2D eigenvalue weighted by molar-refractivity contribution is 5.55. The first-order valence-electron chi connectivity index (χ1n) is 6.25. The van der Waals surface area contributed by atoms with Crippen molar-refractivity contribution in [1.29, 1.82) is 0 Å². The highest BCUT2D eigenvalue weighted by atomic mass is 16.5. The van der Waals surface area contributed by atoms with E-state index in [-0.39, 0.29) is 6.04 Å². The van der Waals surface area contributed by atoms with Gasteiger partial charge in [0.15, 0.2) is 0 Å². The molecular weight excluding hydrogens is 228 g/mol. The molecule has 0 amide bonds. The third-order valence-corrected chi connectivity index (χ3v) is 3.14. The Morgan fingerprint density at radius 1 is 1.22 bits per heavy atom. The molecule has 1 aliphatic heterocycles. The van der Waals surface area contributed by atoms with Gasteiger partial charge in [-0.25, -0.2) is 0 Å². The Kier molecular flexibility index (Phi) is 2.83. The Morgan fingerprint density at radius 2 is 2.00 bits per heavy atom. The molecule has 0 aliphatic carbocycles. The van der Waals surface area contributed by atoms with Gasteiger partial charge in [0.1, 0.15) is 0 Å². The molecule has 2 aromatic rings. The molecule has 18 heavy (non-hydrogen) atoms. The first kappa shape index (κ1) is 11.3. The van der Waals surface area contributed by atoms with Gasteiger partial charge in [-0.3, -0.25) is 4.98 Å². The first-order chi connectivity index (χ1) is 8.72. The second kappa shape index (κ2) is 4.49. The van der Waals surface area contributed by atoms with E-state index < -0.39 is 0 Å². The van der Waals surface area contributed by atoms with Crippen LogP contribution in [0.15, 0.2) is 16.7 Å². The molecule has 1 fully saturated rings. The van der Waals surface area contributed by atoms with Gasteiger partial charge in [0, 0.05) is 17.0 Å². The van der Waals surface area contributed by atoms with Crippen molar-refractivity contribution < 1.29 is 4.52 Å². The standard InChI is InChI=1S/C13H16N4O/c1-8-6-10(7-9(2)15-8)12-16-13(18-17-12)11-4-3-5-14-11/h6-7,11,14H,3-5H2,1-2H3. The van der Waals surface area contributed by atoms with Gasteiger partial charge in [-0.2, -0.15) is 4.98 Å². The molecule has 1 N–H and O–H groups in total. The maximum absolute atomic E-state index is 5.34. The van der Waals surface area contributed by atoms with Gasteiger partial charge in [0.05, 0.1) is 6.04 Å². The Hall–Kier alpha value is -1.75. The van der Waals surface area contributed by atoms with Gasteiger partial charge in [-0.15, -0.1) is 0 Å². The fourth-order valence-corrected chi connectivity index (χ4v) is 2.35. The summed E-state index contributed by atoms with van der Waals surface area (Å²) in [5, 5.41) is 7.41. The van der Waals surface area contributed by atoms with Crippen molar-refractivity contribution in [2.75, 3.05) is 6.54 Å². The predicted molar refractivity (Wildman–Crippen MR) is 67.0 cm³/mol. The van der Waals surface area contributed by atoms with Crippen LogP contribution in [0.3, 0.4) is 0 Å². The monoisotopic (exact) mass is 244 g/mol. The van der Waals surface area contributed by atoms with E-state index in [9.17, 15) is 0 Å². The SMILES string of the molecule is Cc1cc(-c2noc(C3CCCN3)n2)cc(C)n1. The molecule has 0 radical (unpaired) electrons. The van der Waals surface area contributed by atoms with Crippen LogP contribution < -0.4 is 5.32 Å². The highest BCUT2D eigenvalue weighted by Gasteiger charge is 2.22. The summed E-state index contributed by atoms with van der Waals surface area (Å²) in [6.07, 6.45) is 2.23. The minimum absolute atomic E-state index is 0.218. The van der Waals surface area contributed by atoms with E-state index in [1.807, 2.05) is 26.0 Å². The van der Waals surface area contributed by atoms with Crippen molar-refractivity contribution in [3.63, 3.8) is 0 Å². The van der Waals surface area contributed by atoms with Gasteiger partial charge < -0.3 is 9.84 Å². The third kappa shape index (κ3) is 2.13. The Bertz CT molecular complexity index is 538. The molecular formula is C13H16N4O. The van der Waals surface area contributed by atoms with Crippen molar-refractivity contribution in [2.45, 2.75) is 32.7 Å². The largest absolute Gasteiger partial charge is 0.337 e. The minimum Gasteiger partial charge on any atom is -0.337 e. The maximum atomic E-state index is 5.34. The number of nitrogens with one attached hydrogen (secondary N) is 1. The second-order valence-electron chi connectivity index (χ2n) is 4.74. The smallest absolute Gasteiger partial charge is 0.244 e. The van der Waals surface area contributed by atoms with Gasteiger partial charge in [0.2, 0.25) is 11.7 Å². The van der Waals surface area contributed by atoms with Crippen LogP contribution in [0.4, 0.5) is 0 Å². The summed E-state index contributed by atoms with van der Waals surface area (Å²) in [5.74, 6) is 1.34. The van der Waals surface area contributed by atoms with Crippen molar-refractivity contribution in [3.8, 4) is 11.4 Å². The summed E-state index contributed by atoms with van der Waals surface area (Å²) in [5.41, 5.74) is 2.90. The lowest BCUT2D eigenvalue weighted by molar-refractivity contribution is 0.345. The summed E-state index contributed by atoms with van der Waals surface area (Å²) in [4.78, 5) is 8.82. The van der Waals surface area contributed by atoms with Crippen molar-refractivity contribution >= 4 is 0 Å². The van der Waals surface area contributed by atoms with E-state index >= 15 is 0 Å². The number of aromatic nitrogens is 3. The van der Waals surface area contributed by atoms with E-state index in [1.54, 1.807) is 0 Å². The molecule has 5 nitrogen and oxygen atoms in total. The zero-order chi connectivity index (χ0) is 12.5. The Morgan fingerprint density at radius 3 is 2.67 bits per heavy atom.